The summed E-state index contributed by atoms with van der Waals surface area (Å²) in [4.78, 5) is 11.6. The number of benzene rings is 1. The number of carbonyl (C=O) groups is 1. The van der Waals surface area contributed by atoms with Crippen molar-refractivity contribution < 1.29 is 14.3 Å². The van der Waals surface area contributed by atoms with E-state index in [0.717, 1.165) is 11.6 Å². The molecule has 0 heterocycles. The lowest BCUT2D eigenvalue weighted by atomic mass is 10.1. The Labute approximate surface area is 133 Å². The van der Waals surface area contributed by atoms with Gasteiger partial charge in [-0.3, -0.25) is 0 Å². The summed E-state index contributed by atoms with van der Waals surface area (Å²) in [5, 5.41) is 8.72. The van der Waals surface area contributed by atoms with E-state index in [1.165, 1.54) is 0 Å². The van der Waals surface area contributed by atoms with E-state index in [9.17, 15) is 4.79 Å². The summed E-state index contributed by atoms with van der Waals surface area (Å²) in [5.74, 6) is 0.210. The molecule has 6 heteroatoms. The minimum atomic E-state index is -1.19. The second-order valence-corrected chi connectivity index (χ2v) is 12.0. The van der Waals surface area contributed by atoms with E-state index < -0.39 is 14.1 Å². The van der Waals surface area contributed by atoms with Crippen LogP contribution < -0.4 is 10.5 Å². The molecule has 1 rings (SSSR count). The van der Waals surface area contributed by atoms with Gasteiger partial charge in [-0.05, 0) is 23.7 Å². The summed E-state index contributed by atoms with van der Waals surface area (Å²) < 4.78 is 10.6. The van der Waals surface area contributed by atoms with Gasteiger partial charge in [-0.1, -0.05) is 31.8 Å². The Balaban J connectivity index is 2.39. The van der Waals surface area contributed by atoms with Crippen LogP contribution in [0.3, 0.4) is 0 Å². The second kappa shape index (κ2) is 8.56. The highest BCUT2D eigenvalue weighted by atomic mass is 28.3. The predicted molar refractivity (Wildman–Crippen MR) is 88.3 cm³/mol. The van der Waals surface area contributed by atoms with Crippen LogP contribution in [0.4, 0.5) is 0 Å². The van der Waals surface area contributed by atoms with Crippen molar-refractivity contribution in [3.63, 3.8) is 0 Å². The third-order valence-electron chi connectivity index (χ3n) is 2.99. The number of hydrogen-bond donors (Lipinski definition) is 1. The van der Waals surface area contributed by atoms with Gasteiger partial charge in [-0.25, -0.2) is 4.79 Å². The summed E-state index contributed by atoms with van der Waals surface area (Å²) in [6.07, 6.45) is 0.453. The molecule has 0 bridgehead atoms. The molecule has 0 radical (unpaired) electrons. The third-order valence-corrected chi connectivity index (χ3v) is 4.70. The molecule has 0 aromatic heterocycles. The van der Waals surface area contributed by atoms with E-state index in [0.29, 0.717) is 18.8 Å². The predicted octanol–water partition coefficient (Wildman–Crippen LogP) is 2.34. The Morgan fingerprint density at radius 2 is 2.14 bits per heavy atom. The molecule has 0 aliphatic heterocycles. The van der Waals surface area contributed by atoms with Crippen molar-refractivity contribution in [2.75, 3.05) is 13.2 Å². The third kappa shape index (κ3) is 7.81. The highest BCUT2D eigenvalue weighted by Crippen LogP contribution is 2.14. The van der Waals surface area contributed by atoms with Gasteiger partial charge in [0, 0.05) is 14.5 Å². The van der Waals surface area contributed by atoms with Gasteiger partial charge in [0.15, 0.2) is 6.61 Å². The van der Waals surface area contributed by atoms with Gasteiger partial charge in [-0.2, -0.15) is 5.26 Å². The maximum Gasteiger partial charge on any atom is 0.344 e. The van der Waals surface area contributed by atoms with E-state index in [-0.39, 0.29) is 12.6 Å². The number of nitrogens with two attached hydrogens (primary N) is 1. The molecule has 0 amide bonds. The highest BCUT2D eigenvalue weighted by Gasteiger charge is 2.14. The molecule has 0 saturated carbocycles. The van der Waals surface area contributed by atoms with Crippen LogP contribution in [0.1, 0.15) is 5.56 Å². The van der Waals surface area contributed by atoms with E-state index in [1.807, 2.05) is 18.2 Å². The van der Waals surface area contributed by atoms with E-state index in [1.54, 1.807) is 12.1 Å². The molecule has 0 fully saturated rings. The maximum atomic E-state index is 11.6. The average Bonchev–Trinajstić information content (AvgIpc) is 2.44. The zero-order valence-corrected chi connectivity index (χ0v) is 14.5. The Morgan fingerprint density at radius 1 is 1.41 bits per heavy atom. The van der Waals surface area contributed by atoms with Crippen molar-refractivity contribution in [1.82, 2.24) is 0 Å². The highest BCUT2D eigenvalue weighted by molar-refractivity contribution is 6.76. The van der Waals surface area contributed by atoms with Gasteiger partial charge in [0.25, 0.3) is 0 Å². The summed E-state index contributed by atoms with van der Waals surface area (Å²) >= 11 is 0. The van der Waals surface area contributed by atoms with E-state index in [2.05, 4.69) is 19.6 Å². The van der Waals surface area contributed by atoms with Gasteiger partial charge in [0.2, 0.25) is 0 Å². The van der Waals surface area contributed by atoms with Crippen molar-refractivity contribution in [1.29, 1.82) is 5.26 Å². The van der Waals surface area contributed by atoms with Crippen molar-refractivity contribution in [2.45, 2.75) is 38.1 Å². The summed E-state index contributed by atoms with van der Waals surface area (Å²) in [6, 6.07) is 9.62. The van der Waals surface area contributed by atoms with Gasteiger partial charge in [-0.15, -0.1) is 0 Å². The number of hydrogen-bond acceptors (Lipinski definition) is 5. The smallest absolute Gasteiger partial charge is 0.344 e. The van der Waals surface area contributed by atoms with Crippen LogP contribution in [0.5, 0.6) is 5.75 Å². The summed E-state index contributed by atoms with van der Waals surface area (Å²) in [6.45, 7) is 7.03. The van der Waals surface area contributed by atoms with Crippen LogP contribution in [-0.2, 0) is 16.0 Å². The molecule has 5 nitrogen and oxygen atoms in total. The number of carbonyl (C=O) groups excluding carboxylic acids is 1. The number of ether oxygens (including phenoxy) is 2. The zero-order chi connectivity index (χ0) is 16.6. The average molecular weight is 320 g/mol. The van der Waals surface area contributed by atoms with E-state index in [4.69, 9.17) is 20.5 Å². The standard InChI is InChI=1S/C16H24N2O3Si/c1-22(2,3)8-7-20-16(19)12-21-15-6-4-5-13(10-15)9-14(18)11-17/h4-6,10,14H,7-9,12,18H2,1-3H3/t14-/m0/s1. The molecule has 1 aromatic rings. The SMILES string of the molecule is C[Si](C)(C)CCOC(=O)COc1cccc(C[C@H](N)C#N)c1. The minimum Gasteiger partial charge on any atom is -0.482 e. The first kappa shape index (κ1) is 18.2. The zero-order valence-electron chi connectivity index (χ0n) is 13.5. The molecule has 0 saturated heterocycles. The van der Waals surface area contributed by atoms with Crippen LogP contribution in [0.15, 0.2) is 24.3 Å². The molecule has 2 N–H and O–H groups in total. The first-order valence-electron chi connectivity index (χ1n) is 7.33. The van der Waals surface area contributed by atoms with Crippen LogP contribution in [0.25, 0.3) is 0 Å². The lowest BCUT2D eigenvalue weighted by Gasteiger charge is -2.15. The quantitative estimate of drug-likeness (QED) is 0.587. The molecule has 0 spiro atoms. The molecular formula is C16H24N2O3Si. The van der Waals surface area contributed by atoms with Crippen LogP contribution in [0.2, 0.25) is 25.7 Å². The molecular weight excluding hydrogens is 296 g/mol. The topological polar surface area (TPSA) is 85.3 Å². The van der Waals surface area contributed by atoms with E-state index >= 15 is 0 Å². The van der Waals surface area contributed by atoms with Gasteiger partial charge in [0.05, 0.1) is 18.7 Å². The van der Waals surface area contributed by atoms with Gasteiger partial charge in [0.1, 0.15) is 5.75 Å². The van der Waals surface area contributed by atoms with Crippen molar-refractivity contribution in [3.05, 3.63) is 29.8 Å². The fourth-order valence-corrected chi connectivity index (χ4v) is 2.43. The largest absolute Gasteiger partial charge is 0.482 e. The van der Waals surface area contributed by atoms with Crippen molar-refractivity contribution in [3.8, 4) is 11.8 Å². The van der Waals surface area contributed by atoms with Crippen LogP contribution in [-0.4, -0.2) is 33.3 Å². The normalized spacial score (nSPS) is 12.3. The Hall–Kier alpha value is -1.84. The first-order chi connectivity index (χ1) is 10.3. The lowest BCUT2D eigenvalue weighted by molar-refractivity contribution is -0.145. The van der Waals surface area contributed by atoms with Gasteiger partial charge >= 0.3 is 5.97 Å². The molecule has 120 valence electrons. The summed E-state index contributed by atoms with van der Waals surface area (Å²) in [7, 11) is -1.19. The number of nitrogens with zero attached hydrogens (tertiary/aromatic N) is 1. The maximum absolute atomic E-state index is 11.6. The minimum absolute atomic E-state index is 0.112. The van der Waals surface area contributed by atoms with Crippen LogP contribution in [0, 0.1) is 11.3 Å². The molecule has 0 aliphatic rings. The van der Waals surface area contributed by atoms with Crippen LogP contribution >= 0.6 is 0 Å². The fraction of sp³-hybridized carbons (Fsp3) is 0.500. The molecule has 0 unspecified atom stereocenters. The molecule has 22 heavy (non-hydrogen) atoms. The Morgan fingerprint density at radius 3 is 2.77 bits per heavy atom. The fourth-order valence-electron chi connectivity index (χ4n) is 1.72. The summed E-state index contributed by atoms with van der Waals surface area (Å²) in [5.41, 5.74) is 6.50. The second-order valence-electron chi connectivity index (χ2n) is 6.41. The molecule has 1 aromatic carbocycles. The number of esters is 1. The van der Waals surface area contributed by atoms with Crippen molar-refractivity contribution >= 4 is 14.0 Å². The number of rotatable bonds is 8. The Kier molecular flexibility index (Phi) is 7.09. The monoisotopic (exact) mass is 320 g/mol. The Bertz CT molecular complexity index is 535. The molecule has 0 aliphatic carbocycles. The molecule has 1 atom stereocenters. The lowest BCUT2D eigenvalue weighted by Crippen LogP contribution is -2.24. The number of nitriles is 1. The first-order valence-corrected chi connectivity index (χ1v) is 11.0. The van der Waals surface area contributed by atoms with Crippen molar-refractivity contribution in [2.24, 2.45) is 5.73 Å². The van der Waals surface area contributed by atoms with Gasteiger partial charge < -0.3 is 15.2 Å².